The standard InChI is InChI=1S/C28H36O12/c1-14(12-37-22(33)5-3-20(29)30)16-11-19-28(40-19)26(2)9-7-15-17(13-38-25(15)35)18(26)8-10-27(28,36)24(16)39-23(34)6-4-21(31)32/h14,16,18-19,24,36H,3-13H2,1-2H3,(H,29,30)(H,31,32)/t14?,16?,18?,19-,24+,26-,27+,28+/m0/s1. The van der Waals surface area contributed by atoms with Crippen molar-refractivity contribution in [3.05, 3.63) is 11.1 Å². The summed E-state index contributed by atoms with van der Waals surface area (Å²) in [5.41, 5.74) is -1.50. The Hall–Kier alpha value is -2.99. The summed E-state index contributed by atoms with van der Waals surface area (Å²) >= 11 is 0. The van der Waals surface area contributed by atoms with Crippen LogP contribution in [0.5, 0.6) is 0 Å². The van der Waals surface area contributed by atoms with Gasteiger partial charge in [-0.25, -0.2) is 4.79 Å². The highest BCUT2D eigenvalue weighted by molar-refractivity contribution is 5.92. The predicted molar refractivity (Wildman–Crippen MR) is 132 cm³/mol. The van der Waals surface area contributed by atoms with Gasteiger partial charge in [0.1, 0.15) is 23.9 Å². The maximum Gasteiger partial charge on any atom is 0.334 e. The molecule has 5 rings (SSSR count). The highest BCUT2D eigenvalue weighted by Gasteiger charge is 2.84. The van der Waals surface area contributed by atoms with E-state index in [1.807, 2.05) is 0 Å². The summed E-state index contributed by atoms with van der Waals surface area (Å²) < 4.78 is 23.0. The fraction of sp³-hybridized carbons (Fsp3) is 0.750. The van der Waals surface area contributed by atoms with E-state index in [0.717, 1.165) is 5.57 Å². The van der Waals surface area contributed by atoms with Crippen LogP contribution in [0.1, 0.15) is 71.6 Å². The van der Waals surface area contributed by atoms with Gasteiger partial charge >= 0.3 is 29.8 Å². The van der Waals surface area contributed by atoms with Crippen molar-refractivity contribution in [1.29, 1.82) is 0 Å². The molecule has 3 aliphatic carbocycles. The van der Waals surface area contributed by atoms with Gasteiger partial charge in [-0.15, -0.1) is 0 Å². The van der Waals surface area contributed by atoms with E-state index in [1.165, 1.54) is 0 Å². The summed E-state index contributed by atoms with van der Waals surface area (Å²) in [4.78, 5) is 59.1. The highest BCUT2D eigenvalue weighted by atomic mass is 16.6. The van der Waals surface area contributed by atoms with Gasteiger partial charge in [-0.05, 0) is 49.5 Å². The number of carboxylic acid groups (broad SMARTS) is 2. The smallest absolute Gasteiger partial charge is 0.334 e. The summed E-state index contributed by atoms with van der Waals surface area (Å²) in [6.45, 7) is 4.02. The van der Waals surface area contributed by atoms with E-state index in [4.69, 9.17) is 29.2 Å². The van der Waals surface area contributed by atoms with E-state index in [2.05, 4.69) is 6.92 Å². The normalized spacial score (nSPS) is 38.1. The summed E-state index contributed by atoms with van der Waals surface area (Å²) in [7, 11) is 0. The van der Waals surface area contributed by atoms with Gasteiger partial charge in [0.05, 0.1) is 38.4 Å². The lowest BCUT2D eigenvalue weighted by Gasteiger charge is -2.60. The van der Waals surface area contributed by atoms with Gasteiger partial charge < -0.3 is 34.3 Å². The van der Waals surface area contributed by atoms with Gasteiger partial charge in [0, 0.05) is 16.9 Å². The third-order valence-corrected chi connectivity index (χ3v) is 10.0. The zero-order valence-corrected chi connectivity index (χ0v) is 22.7. The minimum absolute atomic E-state index is 0.0412. The summed E-state index contributed by atoms with van der Waals surface area (Å²) in [5.74, 6) is -4.86. The van der Waals surface area contributed by atoms with Crippen LogP contribution < -0.4 is 0 Å². The van der Waals surface area contributed by atoms with Gasteiger partial charge in [-0.3, -0.25) is 19.2 Å². The number of epoxide rings is 1. The highest BCUT2D eigenvalue weighted by Crippen LogP contribution is 2.73. The van der Waals surface area contributed by atoms with Crippen LogP contribution in [0.25, 0.3) is 0 Å². The van der Waals surface area contributed by atoms with E-state index in [9.17, 15) is 29.1 Å². The summed E-state index contributed by atoms with van der Waals surface area (Å²) in [6, 6.07) is 0. The first-order chi connectivity index (χ1) is 18.8. The second-order valence-corrected chi connectivity index (χ2v) is 12.1. The molecule has 1 saturated heterocycles. The van der Waals surface area contributed by atoms with E-state index in [-0.39, 0.29) is 62.8 Å². The molecule has 2 heterocycles. The minimum Gasteiger partial charge on any atom is -0.481 e. The molecule has 1 spiro atoms. The first kappa shape index (κ1) is 28.5. The molecule has 0 amide bonds. The number of hydrogen-bond acceptors (Lipinski definition) is 10. The Morgan fingerprint density at radius 3 is 2.40 bits per heavy atom. The quantitative estimate of drug-likeness (QED) is 0.199. The number of aliphatic hydroxyl groups is 1. The lowest BCUT2D eigenvalue weighted by atomic mass is 9.45. The lowest BCUT2D eigenvalue weighted by Crippen LogP contribution is -2.72. The molecule has 12 heteroatoms. The van der Waals surface area contributed by atoms with Gasteiger partial charge in [0.2, 0.25) is 0 Å². The molecule has 2 saturated carbocycles. The lowest BCUT2D eigenvalue weighted by molar-refractivity contribution is -0.234. The van der Waals surface area contributed by atoms with Crippen LogP contribution in [-0.4, -0.2) is 81.8 Å². The molecule has 3 unspecified atom stereocenters. The molecule has 0 aromatic rings. The summed E-state index contributed by atoms with van der Waals surface area (Å²) in [6.07, 6.45) is -0.546. The fourth-order valence-electron chi connectivity index (χ4n) is 8.07. The number of carbonyl (C=O) groups excluding carboxylic acids is 3. The number of carbonyl (C=O) groups is 5. The van der Waals surface area contributed by atoms with E-state index < -0.39 is 58.9 Å². The molecule has 5 aliphatic rings. The molecule has 40 heavy (non-hydrogen) atoms. The molecule has 3 N–H and O–H groups in total. The second-order valence-electron chi connectivity index (χ2n) is 12.1. The molecule has 0 bridgehead atoms. The van der Waals surface area contributed by atoms with E-state index >= 15 is 0 Å². The average Bonchev–Trinajstić information content (AvgIpc) is 3.54. The Balaban J connectivity index is 1.41. The van der Waals surface area contributed by atoms with Crippen molar-refractivity contribution in [2.45, 2.75) is 95.0 Å². The van der Waals surface area contributed by atoms with Crippen molar-refractivity contribution in [2.24, 2.45) is 23.2 Å². The molecule has 8 atom stereocenters. The number of esters is 3. The molecular formula is C28H36O12. The van der Waals surface area contributed by atoms with Crippen LogP contribution in [0.15, 0.2) is 11.1 Å². The maximum absolute atomic E-state index is 12.8. The Kier molecular flexibility index (Phi) is 7.23. The number of ether oxygens (including phenoxy) is 4. The second kappa shape index (κ2) is 10.1. The van der Waals surface area contributed by atoms with Crippen LogP contribution in [0.4, 0.5) is 0 Å². The summed E-state index contributed by atoms with van der Waals surface area (Å²) in [5, 5.41) is 30.4. The number of carboxylic acids is 2. The Bertz CT molecular complexity index is 1160. The van der Waals surface area contributed by atoms with Gasteiger partial charge in [-0.1, -0.05) is 13.8 Å². The SMILES string of the molecule is CC(COC(=O)CCC(=O)O)C1C[C@@H]2O[C@@]23[C@@]2(C)CCC4=C(COC4=O)C2CC[C@@]3(O)[C@@H]1OC(=O)CCC(=O)O. The maximum atomic E-state index is 12.8. The molecule has 220 valence electrons. The molecule has 3 fully saturated rings. The molecule has 0 aromatic carbocycles. The fourth-order valence-corrected chi connectivity index (χ4v) is 8.07. The zero-order valence-electron chi connectivity index (χ0n) is 22.7. The van der Waals surface area contributed by atoms with Crippen LogP contribution in [0, 0.1) is 23.2 Å². The topological polar surface area (TPSA) is 186 Å². The van der Waals surface area contributed by atoms with E-state index in [0.29, 0.717) is 31.3 Å². The predicted octanol–water partition coefficient (Wildman–Crippen LogP) is 1.76. The average molecular weight is 565 g/mol. The monoisotopic (exact) mass is 564 g/mol. The Morgan fingerprint density at radius 2 is 1.73 bits per heavy atom. The first-order valence-electron chi connectivity index (χ1n) is 13.9. The Morgan fingerprint density at radius 1 is 1.05 bits per heavy atom. The molecule has 2 aliphatic heterocycles. The van der Waals surface area contributed by atoms with Gasteiger partial charge in [0.15, 0.2) is 0 Å². The van der Waals surface area contributed by atoms with Crippen LogP contribution >= 0.6 is 0 Å². The van der Waals surface area contributed by atoms with Crippen molar-refractivity contribution in [3.63, 3.8) is 0 Å². The number of rotatable bonds is 10. The van der Waals surface area contributed by atoms with Crippen molar-refractivity contribution >= 4 is 29.8 Å². The van der Waals surface area contributed by atoms with E-state index in [1.54, 1.807) is 6.92 Å². The first-order valence-corrected chi connectivity index (χ1v) is 13.9. The van der Waals surface area contributed by atoms with Crippen molar-refractivity contribution in [1.82, 2.24) is 0 Å². The van der Waals surface area contributed by atoms with Crippen LogP contribution in [0.2, 0.25) is 0 Å². The van der Waals surface area contributed by atoms with Crippen LogP contribution in [0.3, 0.4) is 0 Å². The van der Waals surface area contributed by atoms with Gasteiger partial charge in [-0.2, -0.15) is 0 Å². The molecule has 0 aromatic heterocycles. The molecular weight excluding hydrogens is 528 g/mol. The third kappa shape index (κ3) is 4.39. The molecule has 0 radical (unpaired) electrons. The minimum atomic E-state index is -1.59. The van der Waals surface area contributed by atoms with Crippen molar-refractivity contribution < 1.29 is 58.2 Å². The number of fused-ring (bicyclic) bond motifs is 2. The largest absolute Gasteiger partial charge is 0.481 e. The van der Waals surface area contributed by atoms with Crippen molar-refractivity contribution in [2.75, 3.05) is 13.2 Å². The number of hydrogen-bond donors (Lipinski definition) is 3. The van der Waals surface area contributed by atoms with Crippen molar-refractivity contribution in [3.8, 4) is 0 Å². The zero-order chi connectivity index (χ0) is 29.0. The van der Waals surface area contributed by atoms with Gasteiger partial charge in [0.25, 0.3) is 0 Å². The number of cyclic esters (lactones) is 1. The third-order valence-electron chi connectivity index (χ3n) is 10.0. The molecule has 12 nitrogen and oxygen atoms in total. The van der Waals surface area contributed by atoms with Crippen LogP contribution in [-0.2, 0) is 42.9 Å². The Labute approximate surface area is 231 Å². The number of aliphatic carboxylic acids is 2.